The molecule has 0 aliphatic carbocycles. The van der Waals surface area contributed by atoms with Crippen molar-refractivity contribution in [2.75, 3.05) is 54.9 Å². The van der Waals surface area contributed by atoms with E-state index in [1.807, 2.05) is 0 Å². The molecule has 4 aliphatic heterocycles. The third-order valence-electron chi connectivity index (χ3n) is 7.84. The van der Waals surface area contributed by atoms with Crippen LogP contribution in [0, 0.1) is 0 Å². The fraction of sp³-hybridized carbons (Fsp3) is 1.00. The van der Waals surface area contributed by atoms with Crippen LogP contribution < -0.4 is 0 Å². The Kier molecular flexibility index (Phi) is 22.3. The summed E-state index contributed by atoms with van der Waals surface area (Å²) in [4.78, 5) is 0. The van der Waals surface area contributed by atoms with Gasteiger partial charge in [0.1, 0.15) is 48.8 Å². The van der Waals surface area contributed by atoms with E-state index in [1.165, 1.54) is 28.4 Å². The highest BCUT2D eigenvalue weighted by molar-refractivity contribution is 4.85. The van der Waals surface area contributed by atoms with Crippen LogP contribution in [0.3, 0.4) is 0 Å². The molecular weight excluding hydrogens is 656 g/mol. The predicted octanol–water partition coefficient (Wildman–Crippen LogP) is -6.15. The van der Waals surface area contributed by atoms with Crippen LogP contribution in [0.4, 0.5) is 0 Å². The van der Waals surface area contributed by atoms with Crippen molar-refractivity contribution in [2.45, 2.75) is 124 Å². The first-order valence-corrected chi connectivity index (χ1v) is 15.4. The van der Waals surface area contributed by atoms with Crippen molar-refractivity contribution < 1.29 is 99.2 Å². The maximum atomic E-state index is 9.43. The molecule has 16 unspecified atom stereocenters. The molecule has 4 rings (SSSR count). The van der Waals surface area contributed by atoms with Crippen molar-refractivity contribution in [1.29, 1.82) is 0 Å². The summed E-state index contributed by atoms with van der Waals surface area (Å²) in [5, 5.41) is 109. The Balaban J connectivity index is 0.000000320. The van der Waals surface area contributed by atoms with E-state index < -0.39 is 98.4 Å². The van der Waals surface area contributed by atoms with Crippen molar-refractivity contribution in [2.24, 2.45) is 0 Å². The molecule has 0 saturated carbocycles. The fourth-order valence-electron chi connectivity index (χ4n) is 5.13. The van der Waals surface area contributed by atoms with Crippen LogP contribution in [0.5, 0.6) is 0 Å². The average Bonchev–Trinajstić information content (AvgIpc) is 3.06. The number of aliphatic hydroxyl groups is 12. The minimum atomic E-state index is -1.03. The zero-order chi connectivity index (χ0) is 36.6. The van der Waals surface area contributed by atoms with Crippen LogP contribution in [-0.2, 0) is 37.9 Å². The summed E-state index contributed by atoms with van der Waals surface area (Å²) in [6, 6.07) is 0. The van der Waals surface area contributed by atoms with Crippen molar-refractivity contribution in [3.05, 3.63) is 0 Å². The molecule has 0 aromatic heterocycles. The van der Waals surface area contributed by atoms with Gasteiger partial charge in [0.15, 0.2) is 25.2 Å². The molecular formula is C28H56O20. The van der Waals surface area contributed by atoms with Gasteiger partial charge in [-0.3, -0.25) is 0 Å². The molecule has 4 fully saturated rings. The Labute approximate surface area is 278 Å². The standard InChI is InChI=1S/4C7H14O5/c1-11-3-5-7(10)4(8)2-6(9)12-5;1-11-4-2-6(9)12-5(3-8)7(4)10;1-11-6-2-4(9)7(10)5(3-8)12-6;1-11-7-4(9)2-6(10)12-5(7)3-8/h4*4-10H,2-3H2,1H3. The Bertz CT molecular complexity index is 794. The third-order valence-corrected chi connectivity index (χ3v) is 7.84. The molecule has 16 atom stereocenters. The molecule has 20 heteroatoms. The maximum Gasteiger partial charge on any atom is 0.160 e. The molecule has 0 radical (unpaired) electrons. The van der Waals surface area contributed by atoms with Gasteiger partial charge in [-0.15, -0.1) is 0 Å². The summed E-state index contributed by atoms with van der Waals surface area (Å²) in [5.74, 6) is 0. The van der Waals surface area contributed by atoms with E-state index in [9.17, 15) is 30.6 Å². The van der Waals surface area contributed by atoms with Crippen LogP contribution in [-0.4, -0.2) is 215 Å². The van der Waals surface area contributed by atoms with Gasteiger partial charge < -0.3 is 99.2 Å². The molecule has 0 spiro atoms. The Morgan fingerprint density at radius 2 is 0.938 bits per heavy atom. The van der Waals surface area contributed by atoms with Crippen LogP contribution in [0.25, 0.3) is 0 Å². The summed E-state index contributed by atoms with van der Waals surface area (Å²) in [6.45, 7) is -0.752. The van der Waals surface area contributed by atoms with Gasteiger partial charge in [-0.05, 0) is 0 Å². The number of hydrogen-bond acceptors (Lipinski definition) is 20. The lowest BCUT2D eigenvalue weighted by Gasteiger charge is -2.35. The lowest BCUT2D eigenvalue weighted by atomic mass is 10.0. The van der Waals surface area contributed by atoms with E-state index in [4.69, 9.17) is 68.5 Å². The molecule has 4 saturated heterocycles. The van der Waals surface area contributed by atoms with Crippen molar-refractivity contribution in [3.63, 3.8) is 0 Å². The number of aliphatic hydroxyl groups excluding tert-OH is 12. The average molecular weight is 713 g/mol. The molecule has 0 amide bonds. The van der Waals surface area contributed by atoms with E-state index in [-0.39, 0.29) is 52.1 Å². The highest BCUT2D eigenvalue weighted by Crippen LogP contribution is 2.23. The molecule has 288 valence electrons. The summed E-state index contributed by atoms with van der Waals surface area (Å²) >= 11 is 0. The lowest BCUT2D eigenvalue weighted by molar-refractivity contribution is -0.248. The molecule has 0 aromatic rings. The van der Waals surface area contributed by atoms with E-state index >= 15 is 0 Å². The van der Waals surface area contributed by atoms with E-state index in [2.05, 4.69) is 0 Å². The quantitative estimate of drug-likeness (QED) is 0.111. The van der Waals surface area contributed by atoms with Crippen molar-refractivity contribution in [1.82, 2.24) is 0 Å². The Hall–Kier alpha value is -0.800. The number of hydrogen-bond donors (Lipinski definition) is 12. The number of ether oxygens (including phenoxy) is 8. The van der Waals surface area contributed by atoms with Crippen molar-refractivity contribution in [3.8, 4) is 0 Å². The zero-order valence-electron chi connectivity index (χ0n) is 27.5. The van der Waals surface area contributed by atoms with E-state index in [1.54, 1.807) is 0 Å². The van der Waals surface area contributed by atoms with Crippen molar-refractivity contribution >= 4 is 0 Å². The van der Waals surface area contributed by atoms with Gasteiger partial charge in [0.25, 0.3) is 0 Å². The Morgan fingerprint density at radius 1 is 0.479 bits per heavy atom. The first kappa shape index (κ1) is 45.2. The topological polar surface area (TPSA) is 317 Å². The first-order valence-electron chi connectivity index (χ1n) is 15.4. The van der Waals surface area contributed by atoms with Gasteiger partial charge >= 0.3 is 0 Å². The van der Waals surface area contributed by atoms with Crippen LogP contribution in [0.2, 0.25) is 0 Å². The highest BCUT2D eigenvalue weighted by atomic mass is 16.7. The number of methoxy groups -OCH3 is 4. The van der Waals surface area contributed by atoms with E-state index in [0.29, 0.717) is 0 Å². The molecule has 0 bridgehead atoms. The SMILES string of the molecule is COC1C(O)CC(O)OC1CO.COC1CC(O)C(O)C(CO)O1.COC1CC(O)OC(CO)C1O.COCC1OC(O)CC(O)C1O. The van der Waals surface area contributed by atoms with E-state index in [0.717, 1.165) is 0 Å². The van der Waals surface area contributed by atoms with Gasteiger partial charge in [0, 0.05) is 54.1 Å². The molecule has 20 nitrogen and oxygen atoms in total. The monoisotopic (exact) mass is 712 g/mol. The van der Waals surface area contributed by atoms with Crippen LogP contribution >= 0.6 is 0 Å². The van der Waals surface area contributed by atoms with Gasteiger partial charge in [0.2, 0.25) is 0 Å². The third kappa shape index (κ3) is 14.4. The molecule has 4 heterocycles. The van der Waals surface area contributed by atoms with Crippen LogP contribution in [0.1, 0.15) is 25.7 Å². The summed E-state index contributed by atoms with van der Waals surface area (Å²) in [7, 11) is 5.78. The summed E-state index contributed by atoms with van der Waals surface area (Å²) in [6.07, 6.45) is -12.2. The zero-order valence-corrected chi connectivity index (χ0v) is 27.5. The van der Waals surface area contributed by atoms with Gasteiger partial charge in [-0.25, -0.2) is 0 Å². The first-order chi connectivity index (χ1) is 22.7. The molecule has 48 heavy (non-hydrogen) atoms. The second-order valence-corrected chi connectivity index (χ2v) is 11.3. The fourth-order valence-corrected chi connectivity index (χ4v) is 5.13. The minimum absolute atomic E-state index is 0.0430. The van der Waals surface area contributed by atoms with Crippen LogP contribution in [0.15, 0.2) is 0 Å². The molecule has 12 N–H and O–H groups in total. The summed E-state index contributed by atoms with van der Waals surface area (Å²) in [5.41, 5.74) is 0. The largest absolute Gasteiger partial charge is 0.394 e. The maximum absolute atomic E-state index is 9.43. The molecule has 4 aliphatic rings. The minimum Gasteiger partial charge on any atom is -0.394 e. The second kappa shape index (κ2) is 23.6. The van der Waals surface area contributed by atoms with Gasteiger partial charge in [-0.2, -0.15) is 0 Å². The molecule has 0 aromatic carbocycles. The predicted molar refractivity (Wildman–Crippen MR) is 158 cm³/mol. The number of rotatable bonds is 8. The normalized spacial score (nSPS) is 43.0. The second-order valence-electron chi connectivity index (χ2n) is 11.3. The van der Waals surface area contributed by atoms with Gasteiger partial charge in [0.05, 0.1) is 50.8 Å². The van der Waals surface area contributed by atoms with Gasteiger partial charge in [-0.1, -0.05) is 0 Å². The highest BCUT2D eigenvalue weighted by Gasteiger charge is 2.39. The Morgan fingerprint density at radius 3 is 1.44 bits per heavy atom. The lowest BCUT2D eigenvalue weighted by Crippen LogP contribution is -2.50. The smallest absolute Gasteiger partial charge is 0.160 e. The summed E-state index contributed by atoms with van der Waals surface area (Å²) < 4.78 is 39.2.